The lowest BCUT2D eigenvalue weighted by Gasteiger charge is -2.10. The number of rotatable bonds is 5. The molecule has 0 radical (unpaired) electrons. The first-order chi connectivity index (χ1) is 6.33. The Hall–Kier alpha value is -0.610. The predicted octanol–water partition coefficient (Wildman–Crippen LogP) is 1.01. The molecule has 0 spiro atoms. The lowest BCUT2D eigenvalue weighted by molar-refractivity contribution is -0.142. The highest BCUT2D eigenvalue weighted by Gasteiger charge is 2.16. The van der Waals surface area contributed by atoms with Crippen LogP contribution >= 0.6 is 0 Å². The van der Waals surface area contributed by atoms with E-state index in [9.17, 15) is 4.79 Å². The maximum atomic E-state index is 11.0. The minimum atomic E-state index is -0.200. The summed E-state index contributed by atoms with van der Waals surface area (Å²) in [6.45, 7) is 2.49. The van der Waals surface area contributed by atoms with Crippen molar-refractivity contribution in [3.63, 3.8) is 0 Å². The highest BCUT2D eigenvalue weighted by molar-refractivity contribution is 5.76. The SMILES string of the molecule is CCOCC(=O)NOC1CCCC1. The van der Waals surface area contributed by atoms with Gasteiger partial charge in [-0.05, 0) is 19.8 Å². The molecule has 0 saturated heterocycles. The highest BCUT2D eigenvalue weighted by Crippen LogP contribution is 2.19. The van der Waals surface area contributed by atoms with E-state index in [-0.39, 0.29) is 18.6 Å². The van der Waals surface area contributed by atoms with Crippen LogP contribution in [-0.2, 0) is 14.4 Å². The van der Waals surface area contributed by atoms with Crippen molar-refractivity contribution in [3.8, 4) is 0 Å². The molecule has 76 valence electrons. The van der Waals surface area contributed by atoms with Gasteiger partial charge in [-0.1, -0.05) is 12.8 Å². The van der Waals surface area contributed by atoms with E-state index in [1.54, 1.807) is 0 Å². The molecule has 0 aromatic heterocycles. The van der Waals surface area contributed by atoms with Crippen molar-refractivity contribution in [1.82, 2.24) is 5.48 Å². The third kappa shape index (κ3) is 4.24. The van der Waals surface area contributed by atoms with E-state index in [0.717, 1.165) is 12.8 Å². The highest BCUT2D eigenvalue weighted by atomic mass is 16.7. The molecule has 1 fully saturated rings. The molecule has 0 aliphatic heterocycles. The second-order valence-electron chi connectivity index (χ2n) is 3.19. The first kappa shape index (κ1) is 10.5. The molecule has 0 aromatic rings. The van der Waals surface area contributed by atoms with Gasteiger partial charge in [0.05, 0.1) is 6.10 Å². The van der Waals surface area contributed by atoms with Gasteiger partial charge in [0.25, 0.3) is 5.91 Å². The van der Waals surface area contributed by atoms with E-state index in [2.05, 4.69) is 5.48 Å². The third-order valence-electron chi connectivity index (χ3n) is 2.08. The molecule has 1 rings (SSSR count). The summed E-state index contributed by atoms with van der Waals surface area (Å²) >= 11 is 0. The second-order valence-corrected chi connectivity index (χ2v) is 3.19. The molecule has 1 amide bonds. The maximum Gasteiger partial charge on any atom is 0.269 e. The number of hydroxylamine groups is 1. The van der Waals surface area contributed by atoms with Gasteiger partial charge in [-0.15, -0.1) is 0 Å². The van der Waals surface area contributed by atoms with E-state index in [1.807, 2.05) is 6.92 Å². The molecular weight excluding hydrogens is 170 g/mol. The van der Waals surface area contributed by atoms with Crippen LogP contribution in [0.25, 0.3) is 0 Å². The fourth-order valence-electron chi connectivity index (χ4n) is 1.38. The van der Waals surface area contributed by atoms with Crippen LogP contribution in [0.3, 0.4) is 0 Å². The van der Waals surface area contributed by atoms with Crippen molar-refractivity contribution in [3.05, 3.63) is 0 Å². The van der Waals surface area contributed by atoms with Crippen molar-refractivity contribution in [2.45, 2.75) is 38.7 Å². The van der Waals surface area contributed by atoms with E-state index >= 15 is 0 Å². The Morgan fingerprint density at radius 2 is 2.15 bits per heavy atom. The van der Waals surface area contributed by atoms with Crippen LogP contribution in [0.1, 0.15) is 32.6 Å². The average Bonchev–Trinajstić information content (AvgIpc) is 2.64. The normalized spacial score (nSPS) is 17.6. The van der Waals surface area contributed by atoms with Crippen molar-refractivity contribution < 1.29 is 14.4 Å². The molecule has 13 heavy (non-hydrogen) atoms. The van der Waals surface area contributed by atoms with E-state index in [4.69, 9.17) is 9.57 Å². The molecule has 0 atom stereocenters. The predicted molar refractivity (Wildman–Crippen MR) is 48.0 cm³/mol. The average molecular weight is 187 g/mol. The standard InChI is InChI=1S/C9H17NO3/c1-2-12-7-9(11)10-13-8-5-3-4-6-8/h8H,2-7H2,1H3,(H,10,11). The Labute approximate surface area is 78.5 Å². The van der Waals surface area contributed by atoms with Crippen molar-refractivity contribution in [2.75, 3.05) is 13.2 Å². The molecule has 0 unspecified atom stereocenters. The fourth-order valence-corrected chi connectivity index (χ4v) is 1.38. The van der Waals surface area contributed by atoms with E-state index < -0.39 is 0 Å². The lowest BCUT2D eigenvalue weighted by atomic mass is 10.3. The Kier molecular flexibility index (Phi) is 4.78. The summed E-state index contributed by atoms with van der Waals surface area (Å²) in [4.78, 5) is 16.2. The van der Waals surface area contributed by atoms with Gasteiger partial charge in [0.15, 0.2) is 0 Å². The second kappa shape index (κ2) is 5.94. The molecule has 4 nitrogen and oxygen atoms in total. The molecule has 0 aromatic carbocycles. The van der Waals surface area contributed by atoms with Crippen molar-refractivity contribution in [2.24, 2.45) is 0 Å². The zero-order chi connectivity index (χ0) is 9.52. The number of amides is 1. The smallest absolute Gasteiger partial charge is 0.269 e. The summed E-state index contributed by atoms with van der Waals surface area (Å²) < 4.78 is 4.92. The molecule has 1 aliphatic rings. The maximum absolute atomic E-state index is 11.0. The minimum absolute atomic E-state index is 0.0865. The topological polar surface area (TPSA) is 47.6 Å². The van der Waals surface area contributed by atoms with Crippen molar-refractivity contribution in [1.29, 1.82) is 0 Å². The van der Waals surface area contributed by atoms with Gasteiger partial charge in [0.1, 0.15) is 6.61 Å². The van der Waals surface area contributed by atoms with Crippen LogP contribution in [0, 0.1) is 0 Å². The van der Waals surface area contributed by atoms with Crippen LogP contribution in [0.15, 0.2) is 0 Å². The van der Waals surface area contributed by atoms with Crippen LogP contribution in [0.2, 0.25) is 0 Å². The minimum Gasteiger partial charge on any atom is -0.372 e. The van der Waals surface area contributed by atoms with E-state index in [1.165, 1.54) is 12.8 Å². The molecule has 0 heterocycles. The molecule has 1 saturated carbocycles. The third-order valence-corrected chi connectivity index (χ3v) is 2.08. The summed E-state index contributed by atoms with van der Waals surface area (Å²) in [5.41, 5.74) is 2.40. The summed E-state index contributed by atoms with van der Waals surface area (Å²) in [7, 11) is 0. The molecular formula is C9H17NO3. The molecule has 1 N–H and O–H groups in total. The fraction of sp³-hybridized carbons (Fsp3) is 0.889. The molecule has 4 heteroatoms. The largest absolute Gasteiger partial charge is 0.372 e. The van der Waals surface area contributed by atoms with Crippen LogP contribution < -0.4 is 5.48 Å². The van der Waals surface area contributed by atoms with Crippen LogP contribution in [0.4, 0.5) is 0 Å². The Morgan fingerprint density at radius 3 is 2.77 bits per heavy atom. The number of hydrogen-bond acceptors (Lipinski definition) is 3. The van der Waals surface area contributed by atoms with Gasteiger partial charge in [0, 0.05) is 6.61 Å². The zero-order valence-corrected chi connectivity index (χ0v) is 8.04. The zero-order valence-electron chi connectivity index (χ0n) is 8.04. The van der Waals surface area contributed by atoms with Crippen LogP contribution in [-0.4, -0.2) is 25.2 Å². The monoisotopic (exact) mass is 187 g/mol. The number of ether oxygens (including phenoxy) is 1. The van der Waals surface area contributed by atoms with Gasteiger partial charge in [-0.3, -0.25) is 9.63 Å². The van der Waals surface area contributed by atoms with Gasteiger partial charge >= 0.3 is 0 Å². The summed E-state index contributed by atoms with van der Waals surface area (Å²) in [5, 5.41) is 0. The first-order valence-corrected chi connectivity index (χ1v) is 4.85. The number of carbonyl (C=O) groups is 1. The Balaban J connectivity index is 2.00. The van der Waals surface area contributed by atoms with Gasteiger partial charge < -0.3 is 4.74 Å². The quantitative estimate of drug-likeness (QED) is 0.653. The number of hydrogen-bond donors (Lipinski definition) is 1. The Morgan fingerprint density at radius 1 is 1.46 bits per heavy atom. The Bertz CT molecular complexity index is 155. The van der Waals surface area contributed by atoms with E-state index in [0.29, 0.717) is 6.61 Å². The molecule has 0 bridgehead atoms. The van der Waals surface area contributed by atoms with Gasteiger partial charge in [-0.2, -0.15) is 0 Å². The lowest BCUT2D eigenvalue weighted by Crippen LogP contribution is -2.31. The first-order valence-electron chi connectivity index (χ1n) is 4.85. The molecule has 1 aliphatic carbocycles. The van der Waals surface area contributed by atoms with Crippen LogP contribution in [0.5, 0.6) is 0 Å². The summed E-state index contributed by atoms with van der Waals surface area (Å²) in [6, 6.07) is 0. The number of carbonyl (C=O) groups excluding carboxylic acids is 1. The number of nitrogens with one attached hydrogen (secondary N) is 1. The van der Waals surface area contributed by atoms with Gasteiger partial charge in [-0.25, -0.2) is 5.48 Å². The summed E-state index contributed by atoms with van der Waals surface area (Å²) in [6.07, 6.45) is 4.72. The summed E-state index contributed by atoms with van der Waals surface area (Å²) in [5.74, 6) is -0.200. The van der Waals surface area contributed by atoms with Crippen molar-refractivity contribution >= 4 is 5.91 Å². The van der Waals surface area contributed by atoms with Gasteiger partial charge in [0.2, 0.25) is 0 Å².